The molecule has 20 heavy (non-hydrogen) atoms. The quantitative estimate of drug-likeness (QED) is 0.793. The maximum absolute atomic E-state index is 12.6. The van der Waals surface area contributed by atoms with E-state index in [1.165, 1.54) is 12.1 Å². The van der Waals surface area contributed by atoms with Crippen molar-refractivity contribution in [2.45, 2.75) is 31.7 Å². The van der Waals surface area contributed by atoms with Crippen LogP contribution >= 0.6 is 11.6 Å². The number of rotatable bonds is 5. The van der Waals surface area contributed by atoms with Gasteiger partial charge in [0.2, 0.25) is 15.9 Å². The van der Waals surface area contributed by atoms with Crippen molar-refractivity contribution in [3.8, 4) is 0 Å². The second-order valence-electron chi connectivity index (χ2n) is 4.75. The predicted molar refractivity (Wildman–Crippen MR) is 78.8 cm³/mol. The van der Waals surface area contributed by atoms with Crippen molar-refractivity contribution >= 4 is 33.2 Å². The van der Waals surface area contributed by atoms with Gasteiger partial charge >= 0.3 is 0 Å². The number of primary amides is 1. The van der Waals surface area contributed by atoms with Crippen molar-refractivity contribution < 1.29 is 13.2 Å². The largest absolute Gasteiger partial charge is 0.398 e. The molecule has 6 nitrogen and oxygen atoms in total. The van der Waals surface area contributed by atoms with Crippen LogP contribution in [0.15, 0.2) is 17.0 Å². The maximum Gasteiger partial charge on any atom is 0.245 e. The summed E-state index contributed by atoms with van der Waals surface area (Å²) in [5, 5.41) is 0.0619. The van der Waals surface area contributed by atoms with E-state index in [-0.39, 0.29) is 9.92 Å². The second-order valence-corrected chi connectivity index (χ2v) is 7.02. The van der Waals surface area contributed by atoms with Crippen LogP contribution in [-0.2, 0) is 14.8 Å². The summed E-state index contributed by atoms with van der Waals surface area (Å²) in [6, 6.07) is 2.33. The van der Waals surface area contributed by atoms with Crippen LogP contribution in [0.3, 0.4) is 0 Å². The highest BCUT2D eigenvalue weighted by molar-refractivity contribution is 7.89. The fraction of sp³-hybridized carbons (Fsp3) is 0.417. The number of anilines is 1. The summed E-state index contributed by atoms with van der Waals surface area (Å²) in [5.41, 5.74) is 11.8. The first-order valence-electron chi connectivity index (χ1n) is 5.93. The van der Waals surface area contributed by atoms with Gasteiger partial charge in [0.25, 0.3) is 0 Å². The maximum atomic E-state index is 12.6. The number of carbonyl (C=O) groups is 1. The third-order valence-corrected chi connectivity index (χ3v) is 5.28. The van der Waals surface area contributed by atoms with E-state index < -0.39 is 28.5 Å². The lowest BCUT2D eigenvalue weighted by atomic mass is 10.2. The highest BCUT2D eigenvalue weighted by atomic mass is 35.5. The lowest BCUT2D eigenvalue weighted by molar-refractivity contribution is -0.118. The highest BCUT2D eigenvalue weighted by Gasteiger charge is 2.30. The van der Waals surface area contributed by atoms with Gasteiger partial charge in [-0.2, -0.15) is 4.31 Å². The van der Waals surface area contributed by atoms with Crippen LogP contribution in [0.25, 0.3) is 0 Å². The first kappa shape index (κ1) is 16.7. The number of halogens is 1. The van der Waals surface area contributed by atoms with Crippen LogP contribution in [0.1, 0.15) is 19.4 Å². The van der Waals surface area contributed by atoms with Gasteiger partial charge in [-0.3, -0.25) is 4.79 Å². The second kappa shape index (κ2) is 5.99. The molecule has 1 rings (SSSR count). The number of hydrogen-bond acceptors (Lipinski definition) is 4. The van der Waals surface area contributed by atoms with Crippen molar-refractivity contribution in [1.82, 2.24) is 4.31 Å². The van der Waals surface area contributed by atoms with Crippen LogP contribution < -0.4 is 11.5 Å². The van der Waals surface area contributed by atoms with Crippen molar-refractivity contribution in [3.05, 3.63) is 22.7 Å². The Morgan fingerprint density at radius 3 is 2.40 bits per heavy atom. The number of aryl methyl sites for hydroxylation is 1. The number of nitrogens with zero attached hydrogens (tertiary/aromatic N) is 1. The molecule has 0 radical (unpaired) electrons. The van der Waals surface area contributed by atoms with Crippen molar-refractivity contribution in [2.24, 2.45) is 5.73 Å². The minimum absolute atomic E-state index is 0.0619. The minimum Gasteiger partial charge on any atom is -0.398 e. The molecule has 0 spiro atoms. The summed E-state index contributed by atoms with van der Waals surface area (Å²) in [7, 11) is -3.94. The third kappa shape index (κ3) is 3.41. The summed E-state index contributed by atoms with van der Waals surface area (Å²) in [5.74, 6) is -0.738. The van der Waals surface area contributed by atoms with E-state index in [4.69, 9.17) is 23.1 Å². The normalized spacial score (nSPS) is 12.1. The van der Waals surface area contributed by atoms with E-state index in [0.717, 1.165) is 4.31 Å². The van der Waals surface area contributed by atoms with Gasteiger partial charge in [0.1, 0.15) is 4.90 Å². The van der Waals surface area contributed by atoms with Gasteiger partial charge in [-0.15, -0.1) is 0 Å². The standard InChI is InChI=1S/C12H18ClN3O3S/c1-7(2)16(6-12(15)17)20(18,19)11-5-10(14)8(3)4-9(11)13/h4-5,7H,6,14H2,1-3H3,(H2,15,17). The molecule has 0 aliphatic carbocycles. The average molecular weight is 320 g/mol. The Hall–Kier alpha value is -1.31. The van der Waals surface area contributed by atoms with Crippen LogP contribution in [0, 0.1) is 6.92 Å². The zero-order valence-electron chi connectivity index (χ0n) is 11.6. The molecule has 0 heterocycles. The highest BCUT2D eigenvalue weighted by Crippen LogP contribution is 2.29. The smallest absolute Gasteiger partial charge is 0.245 e. The predicted octanol–water partition coefficient (Wildman–Crippen LogP) is 1.12. The summed E-state index contributed by atoms with van der Waals surface area (Å²) >= 11 is 5.99. The Morgan fingerprint density at radius 1 is 1.40 bits per heavy atom. The van der Waals surface area contributed by atoms with Crippen LogP contribution in [-0.4, -0.2) is 31.2 Å². The number of carbonyl (C=O) groups excluding carboxylic acids is 1. The van der Waals surface area contributed by atoms with Crippen molar-refractivity contribution in [2.75, 3.05) is 12.3 Å². The molecule has 4 N–H and O–H groups in total. The molecule has 0 aliphatic heterocycles. The van der Waals surface area contributed by atoms with Gasteiger partial charge in [0, 0.05) is 11.7 Å². The Morgan fingerprint density at radius 2 is 1.95 bits per heavy atom. The van der Waals surface area contributed by atoms with E-state index in [9.17, 15) is 13.2 Å². The van der Waals surface area contributed by atoms with Gasteiger partial charge in [-0.25, -0.2) is 8.42 Å². The Labute approximate surface area is 123 Å². The summed E-state index contributed by atoms with van der Waals surface area (Å²) in [6.45, 7) is 4.60. The molecule has 0 aromatic heterocycles. The number of nitrogens with two attached hydrogens (primary N) is 2. The van der Waals surface area contributed by atoms with Crippen molar-refractivity contribution in [1.29, 1.82) is 0 Å². The first-order valence-corrected chi connectivity index (χ1v) is 7.75. The SMILES string of the molecule is Cc1cc(Cl)c(S(=O)(=O)N(CC(N)=O)C(C)C)cc1N. The topological polar surface area (TPSA) is 106 Å². The molecule has 0 bridgehead atoms. The number of amides is 1. The van der Waals surface area contributed by atoms with Crippen LogP contribution in [0.4, 0.5) is 5.69 Å². The number of nitrogen functional groups attached to an aromatic ring is 1. The average Bonchev–Trinajstić information content (AvgIpc) is 2.29. The van der Waals surface area contributed by atoms with E-state index in [1.54, 1.807) is 20.8 Å². The molecular formula is C12H18ClN3O3S. The van der Waals surface area contributed by atoms with Gasteiger partial charge < -0.3 is 11.5 Å². The Kier molecular flexibility index (Phi) is 5.01. The molecule has 0 unspecified atom stereocenters. The van der Waals surface area contributed by atoms with Crippen LogP contribution in [0.2, 0.25) is 5.02 Å². The fourth-order valence-electron chi connectivity index (χ4n) is 1.69. The molecule has 112 valence electrons. The molecule has 0 fully saturated rings. The van der Waals surface area contributed by atoms with E-state index in [1.807, 2.05) is 0 Å². The molecule has 0 aliphatic rings. The molecule has 0 saturated heterocycles. The van der Waals surface area contributed by atoms with Gasteiger partial charge in [-0.1, -0.05) is 11.6 Å². The summed E-state index contributed by atoms with van der Waals surface area (Å²) in [4.78, 5) is 10.9. The van der Waals surface area contributed by atoms with Crippen molar-refractivity contribution in [3.63, 3.8) is 0 Å². The molecule has 0 saturated carbocycles. The number of hydrogen-bond donors (Lipinski definition) is 2. The Balaban J connectivity index is 3.41. The van der Waals surface area contributed by atoms with E-state index in [2.05, 4.69) is 0 Å². The van der Waals surface area contributed by atoms with Crippen LogP contribution in [0.5, 0.6) is 0 Å². The molecular weight excluding hydrogens is 302 g/mol. The zero-order chi connectivity index (χ0) is 15.7. The molecule has 8 heteroatoms. The molecule has 1 aromatic rings. The zero-order valence-corrected chi connectivity index (χ0v) is 13.1. The lowest BCUT2D eigenvalue weighted by Crippen LogP contribution is -2.42. The lowest BCUT2D eigenvalue weighted by Gasteiger charge is -2.25. The van der Waals surface area contributed by atoms with Gasteiger partial charge in [0.15, 0.2) is 0 Å². The third-order valence-electron chi connectivity index (χ3n) is 2.79. The van der Waals surface area contributed by atoms with Gasteiger partial charge in [-0.05, 0) is 38.5 Å². The minimum atomic E-state index is -3.94. The summed E-state index contributed by atoms with van der Waals surface area (Å²) in [6.07, 6.45) is 0. The number of sulfonamides is 1. The molecule has 1 aromatic carbocycles. The summed E-state index contributed by atoms with van der Waals surface area (Å²) < 4.78 is 26.1. The fourth-order valence-corrected chi connectivity index (χ4v) is 3.89. The van der Waals surface area contributed by atoms with E-state index in [0.29, 0.717) is 11.3 Å². The molecule has 1 amide bonds. The monoisotopic (exact) mass is 319 g/mol. The first-order chi connectivity index (χ1) is 9.07. The van der Waals surface area contributed by atoms with E-state index >= 15 is 0 Å². The Bertz CT molecular complexity index is 629. The number of benzene rings is 1. The van der Waals surface area contributed by atoms with Gasteiger partial charge in [0.05, 0.1) is 11.6 Å². The molecule has 0 atom stereocenters.